The van der Waals surface area contributed by atoms with Crippen molar-refractivity contribution in [2.75, 3.05) is 0 Å². The average Bonchev–Trinajstić information content (AvgIpc) is 2.98. The molecule has 6 heteroatoms. The lowest BCUT2D eigenvalue weighted by Gasteiger charge is -2.30. The predicted octanol–water partition coefficient (Wildman–Crippen LogP) is 3.70. The molecule has 1 aromatic carbocycles. The van der Waals surface area contributed by atoms with Gasteiger partial charge < -0.3 is 9.52 Å². The number of rotatable bonds is 5. The number of hydrogen-bond donors (Lipinski definition) is 1. The second-order valence-electron chi connectivity index (χ2n) is 4.72. The van der Waals surface area contributed by atoms with Crippen LogP contribution < -0.4 is 0 Å². The number of hydrogen-bond acceptors (Lipinski definition) is 3. The number of benzene rings is 1. The lowest BCUT2D eigenvalue weighted by atomic mass is 9.88. The molecule has 0 aliphatic carbocycles. The Morgan fingerprint density at radius 1 is 1.14 bits per heavy atom. The van der Waals surface area contributed by atoms with E-state index >= 15 is 0 Å². The Bertz CT molecular complexity index is 645. The second-order valence-corrected chi connectivity index (χ2v) is 4.72. The van der Waals surface area contributed by atoms with Crippen LogP contribution in [0.5, 0.6) is 0 Å². The van der Waals surface area contributed by atoms with Crippen LogP contribution in [0.1, 0.15) is 17.7 Å². The summed E-state index contributed by atoms with van der Waals surface area (Å²) >= 11 is 0. The minimum Gasteiger partial charge on any atom is -0.465 e. The molecule has 0 aliphatic heterocycles. The van der Waals surface area contributed by atoms with Crippen molar-refractivity contribution in [3.05, 3.63) is 66.1 Å². The molecule has 0 radical (unpaired) electrons. The zero-order valence-corrected chi connectivity index (χ0v) is 11.4. The van der Waals surface area contributed by atoms with Crippen LogP contribution in [0.15, 0.2) is 59.2 Å². The first-order valence-corrected chi connectivity index (χ1v) is 6.42. The third-order valence-electron chi connectivity index (χ3n) is 3.13. The fourth-order valence-corrected chi connectivity index (χ4v) is 1.95. The Hall–Kier alpha value is -2.34. The van der Waals surface area contributed by atoms with E-state index in [1.54, 1.807) is 12.1 Å². The van der Waals surface area contributed by atoms with Crippen LogP contribution in [0.3, 0.4) is 0 Å². The summed E-state index contributed by atoms with van der Waals surface area (Å²) in [5.41, 5.74) is -3.60. The van der Waals surface area contributed by atoms with Crippen LogP contribution in [0, 0.1) is 0 Å². The molecule has 0 saturated carbocycles. The summed E-state index contributed by atoms with van der Waals surface area (Å²) in [6.45, 7) is 0. The van der Waals surface area contributed by atoms with Crippen LogP contribution in [0.2, 0.25) is 0 Å². The lowest BCUT2D eigenvalue weighted by Crippen LogP contribution is -2.43. The van der Waals surface area contributed by atoms with Crippen LogP contribution in [0.4, 0.5) is 13.2 Å². The highest BCUT2D eigenvalue weighted by atomic mass is 19.4. The number of aliphatic hydroxyl groups is 1. The number of furan rings is 1. The molecule has 22 heavy (non-hydrogen) atoms. The first-order chi connectivity index (χ1) is 10.3. The van der Waals surface area contributed by atoms with Crippen molar-refractivity contribution in [3.8, 4) is 0 Å². The van der Waals surface area contributed by atoms with Crippen molar-refractivity contribution < 1.29 is 27.5 Å². The minimum absolute atomic E-state index is 0.337. The molecule has 3 nitrogen and oxygen atoms in total. The molecule has 0 spiro atoms. The quantitative estimate of drug-likeness (QED) is 0.857. The van der Waals surface area contributed by atoms with Gasteiger partial charge in [-0.2, -0.15) is 13.2 Å². The second kappa shape index (κ2) is 6.19. The molecular formula is C16H13F3O3. The van der Waals surface area contributed by atoms with E-state index in [4.69, 9.17) is 4.42 Å². The van der Waals surface area contributed by atoms with E-state index in [2.05, 4.69) is 0 Å². The standard InChI is InChI=1S/C16H13F3O3/c17-16(18,19)15(21,12-5-2-1-3-6-12)11-13(20)8-9-14-7-4-10-22-14/h1-10,21H,11H2/b9-8+. The van der Waals surface area contributed by atoms with Gasteiger partial charge in [0, 0.05) is 0 Å². The van der Waals surface area contributed by atoms with Crippen LogP contribution >= 0.6 is 0 Å². The van der Waals surface area contributed by atoms with Gasteiger partial charge >= 0.3 is 6.18 Å². The van der Waals surface area contributed by atoms with E-state index in [0.29, 0.717) is 5.76 Å². The van der Waals surface area contributed by atoms with Crippen LogP contribution in [-0.2, 0) is 10.4 Å². The smallest absolute Gasteiger partial charge is 0.421 e. The van der Waals surface area contributed by atoms with E-state index in [0.717, 1.165) is 18.2 Å². The largest absolute Gasteiger partial charge is 0.465 e. The minimum atomic E-state index is -4.97. The van der Waals surface area contributed by atoms with Gasteiger partial charge in [0.1, 0.15) is 5.76 Å². The number of alkyl halides is 3. The summed E-state index contributed by atoms with van der Waals surface area (Å²) in [5.74, 6) is -0.524. The molecular weight excluding hydrogens is 297 g/mol. The summed E-state index contributed by atoms with van der Waals surface area (Å²) in [7, 11) is 0. The Balaban J connectivity index is 2.23. The molecule has 0 aliphatic rings. The highest BCUT2D eigenvalue weighted by Gasteiger charge is 2.55. The molecule has 1 aromatic heterocycles. The Morgan fingerprint density at radius 3 is 2.36 bits per heavy atom. The van der Waals surface area contributed by atoms with Crippen LogP contribution in [-0.4, -0.2) is 17.1 Å². The third kappa shape index (κ3) is 3.46. The molecule has 1 N–H and O–H groups in total. The Kier molecular flexibility index (Phi) is 4.51. The molecule has 0 amide bonds. The fourth-order valence-electron chi connectivity index (χ4n) is 1.95. The zero-order valence-electron chi connectivity index (χ0n) is 11.4. The van der Waals surface area contributed by atoms with E-state index in [-0.39, 0.29) is 5.56 Å². The first-order valence-electron chi connectivity index (χ1n) is 6.42. The molecule has 1 unspecified atom stereocenters. The highest BCUT2D eigenvalue weighted by molar-refractivity contribution is 5.94. The topological polar surface area (TPSA) is 50.4 Å². The number of carbonyl (C=O) groups is 1. The maximum absolute atomic E-state index is 13.2. The summed E-state index contributed by atoms with van der Waals surface area (Å²) in [5, 5.41) is 10.0. The maximum atomic E-state index is 13.2. The maximum Gasteiger partial charge on any atom is 0.421 e. The predicted molar refractivity (Wildman–Crippen MR) is 73.8 cm³/mol. The zero-order chi connectivity index (χ0) is 16.2. The highest BCUT2D eigenvalue weighted by Crippen LogP contribution is 2.41. The lowest BCUT2D eigenvalue weighted by molar-refractivity contribution is -0.266. The molecule has 0 bridgehead atoms. The summed E-state index contributed by atoms with van der Waals surface area (Å²) in [6, 6.07) is 9.68. The van der Waals surface area contributed by atoms with Gasteiger partial charge in [-0.15, -0.1) is 0 Å². The molecule has 0 saturated heterocycles. The monoisotopic (exact) mass is 310 g/mol. The van der Waals surface area contributed by atoms with Gasteiger partial charge in [0.25, 0.3) is 0 Å². The van der Waals surface area contributed by atoms with Crippen molar-refractivity contribution >= 4 is 11.9 Å². The molecule has 1 atom stereocenters. The van der Waals surface area contributed by atoms with Gasteiger partial charge in [0.2, 0.25) is 0 Å². The van der Waals surface area contributed by atoms with Gasteiger partial charge in [0.05, 0.1) is 12.7 Å². The van der Waals surface area contributed by atoms with E-state index in [9.17, 15) is 23.1 Å². The third-order valence-corrected chi connectivity index (χ3v) is 3.13. The summed E-state index contributed by atoms with van der Waals surface area (Å²) < 4.78 is 44.6. The Morgan fingerprint density at radius 2 is 1.82 bits per heavy atom. The Labute approximate surface area is 124 Å². The summed E-state index contributed by atoms with van der Waals surface area (Å²) in [4.78, 5) is 11.8. The van der Waals surface area contributed by atoms with E-state index in [1.807, 2.05) is 0 Å². The number of carbonyl (C=O) groups excluding carboxylic acids is 1. The number of ketones is 1. The van der Waals surface area contributed by atoms with Crippen molar-refractivity contribution in [3.63, 3.8) is 0 Å². The molecule has 1 heterocycles. The fraction of sp³-hybridized carbons (Fsp3) is 0.188. The SMILES string of the molecule is O=C(/C=C/c1ccco1)CC(O)(c1ccccc1)C(F)(F)F. The van der Waals surface area contributed by atoms with Gasteiger partial charge in [-0.25, -0.2) is 0 Å². The number of halogens is 3. The molecule has 116 valence electrons. The van der Waals surface area contributed by atoms with Crippen molar-refractivity contribution in [1.29, 1.82) is 0 Å². The van der Waals surface area contributed by atoms with Gasteiger partial charge in [0.15, 0.2) is 11.4 Å². The molecule has 2 rings (SSSR count). The van der Waals surface area contributed by atoms with Crippen LogP contribution in [0.25, 0.3) is 6.08 Å². The van der Waals surface area contributed by atoms with E-state index < -0.39 is 24.0 Å². The van der Waals surface area contributed by atoms with Gasteiger partial charge in [-0.1, -0.05) is 30.3 Å². The molecule has 0 fully saturated rings. The first kappa shape index (κ1) is 16.0. The average molecular weight is 310 g/mol. The van der Waals surface area contributed by atoms with Crippen molar-refractivity contribution in [1.82, 2.24) is 0 Å². The van der Waals surface area contributed by atoms with E-state index in [1.165, 1.54) is 30.5 Å². The van der Waals surface area contributed by atoms with Crippen molar-refractivity contribution in [2.24, 2.45) is 0 Å². The van der Waals surface area contributed by atoms with Crippen molar-refractivity contribution in [2.45, 2.75) is 18.2 Å². The van der Waals surface area contributed by atoms with Gasteiger partial charge in [-0.3, -0.25) is 4.79 Å². The molecule has 2 aromatic rings. The van der Waals surface area contributed by atoms with Gasteiger partial charge in [-0.05, 0) is 29.8 Å². The summed E-state index contributed by atoms with van der Waals surface area (Å²) in [6.07, 6.45) is -2.48. The normalized spacial score (nSPS) is 14.9. The number of allylic oxidation sites excluding steroid dienone is 1.